The largest absolute Gasteiger partial charge is 0.328 e. The molecule has 5 heteroatoms. The number of rotatable bonds is 3. The number of imidazole rings is 1. The Labute approximate surface area is 109 Å². The summed E-state index contributed by atoms with van der Waals surface area (Å²) in [6, 6.07) is 5.92. The first-order valence-corrected chi connectivity index (χ1v) is 6.29. The number of nitrogens with zero attached hydrogens (tertiary/aromatic N) is 3. The topological polar surface area (TPSA) is 30.2 Å². The SMILES string of the molecule is CN(C)CCn1c(=O)n(C)c2cc(Br)ccc21. The first-order valence-electron chi connectivity index (χ1n) is 5.50. The van der Waals surface area contributed by atoms with Crippen LogP contribution >= 0.6 is 15.9 Å². The van der Waals surface area contributed by atoms with Crippen molar-refractivity contribution in [3.8, 4) is 0 Å². The second kappa shape index (κ2) is 4.66. The third kappa shape index (κ3) is 2.30. The number of aromatic nitrogens is 2. The second-order valence-electron chi connectivity index (χ2n) is 4.43. The van der Waals surface area contributed by atoms with E-state index in [9.17, 15) is 4.79 Å². The first-order chi connectivity index (χ1) is 8.00. The molecule has 0 saturated heterocycles. The van der Waals surface area contributed by atoms with Gasteiger partial charge in [0.15, 0.2) is 0 Å². The van der Waals surface area contributed by atoms with Crippen LogP contribution in [0, 0.1) is 0 Å². The lowest BCUT2D eigenvalue weighted by atomic mass is 10.3. The molecule has 2 rings (SSSR count). The maximum absolute atomic E-state index is 12.1. The van der Waals surface area contributed by atoms with Gasteiger partial charge in [0.1, 0.15) is 0 Å². The molecule has 0 unspecified atom stereocenters. The number of benzene rings is 1. The van der Waals surface area contributed by atoms with Gasteiger partial charge in [-0.3, -0.25) is 9.13 Å². The van der Waals surface area contributed by atoms with Crippen LogP contribution in [0.1, 0.15) is 0 Å². The van der Waals surface area contributed by atoms with Crippen molar-refractivity contribution >= 4 is 27.0 Å². The molecule has 0 aliphatic carbocycles. The molecule has 4 nitrogen and oxygen atoms in total. The van der Waals surface area contributed by atoms with Gasteiger partial charge in [-0.25, -0.2) is 4.79 Å². The standard InChI is InChI=1S/C12H16BrN3O/c1-14(2)6-7-16-10-5-4-9(13)8-11(10)15(3)12(16)17/h4-5,8H,6-7H2,1-3H3. The Balaban J connectivity index is 2.55. The van der Waals surface area contributed by atoms with Crippen LogP contribution in [-0.2, 0) is 13.6 Å². The van der Waals surface area contributed by atoms with Crippen molar-refractivity contribution in [1.82, 2.24) is 14.0 Å². The van der Waals surface area contributed by atoms with E-state index >= 15 is 0 Å². The summed E-state index contributed by atoms with van der Waals surface area (Å²) < 4.78 is 4.50. The highest BCUT2D eigenvalue weighted by Crippen LogP contribution is 2.18. The van der Waals surface area contributed by atoms with E-state index in [0.29, 0.717) is 6.54 Å². The minimum atomic E-state index is 0.0416. The number of aryl methyl sites for hydroxylation is 1. The van der Waals surface area contributed by atoms with Gasteiger partial charge in [0, 0.05) is 24.6 Å². The third-order valence-electron chi connectivity index (χ3n) is 2.88. The number of fused-ring (bicyclic) bond motifs is 1. The van der Waals surface area contributed by atoms with Gasteiger partial charge in [0.2, 0.25) is 0 Å². The minimum Gasteiger partial charge on any atom is -0.308 e. The fourth-order valence-electron chi connectivity index (χ4n) is 1.90. The van der Waals surface area contributed by atoms with Gasteiger partial charge in [-0.05, 0) is 32.3 Å². The highest BCUT2D eigenvalue weighted by atomic mass is 79.9. The predicted octanol–water partition coefficient (Wildman–Crippen LogP) is 1.66. The van der Waals surface area contributed by atoms with Gasteiger partial charge in [0.05, 0.1) is 11.0 Å². The van der Waals surface area contributed by atoms with Crippen LogP contribution in [0.5, 0.6) is 0 Å². The van der Waals surface area contributed by atoms with Crippen molar-refractivity contribution in [3.05, 3.63) is 33.2 Å². The molecule has 0 bridgehead atoms. The molecular weight excluding hydrogens is 282 g/mol. The zero-order valence-corrected chi connectivity index (χ0v) is 11.9. The molecule has 1 aromatic carbocycles. The number of hydrogen-bond acceptors (Lipinski definition) is 2. The smallest absolute Gasteiger partial charge is 0.308 e. The summed E-state index contributed by atoms with van der Waals surface area (Å²) in [5.74, 6) is 0. The Morgan fingerprint density at radius 2 is 2.00 bits per heavy atom. The zero-order valence-electron chi connectivity index (χ0n) is 10.3. The molecule has 0 amide bonds. The van der Waals surface area contributed by atoms with Gasteiger partial charge in [-0.15, -0.1) is 0 Å². The number of hydrogen-bond donors (Lipinski definition) is 0. The lowest BCUT2D eigenvalue weighted by Crippen LogP contribution is -2.27. The number of halogens is 1. The molecule has 0 aliphatic rings. The van der Waals surface area contributed by atoms with E-state index in [4.69, 9.17) is 0 Å². The van der Waals surface area contributed by atoms with Crippen LogP contribution in [-0.4, -0.2) is 34.7 Å². The fraction of sp³-hybridized carbons (Fsp3) is 0.417. The molecule has 0 spiro atoms. The molecule has 17 heavy (non-hydrogen) atoms. The Kier molecular flexibility index (Phi) is 3.40. The monoisotopic (exact) mass is 297 g/mol. The lowest BCUT2D eigenvalue weighted by molar-refractivity contribution is 0.383. The Morgan fingerprint density at radius 3 is 2.65 bits per heavy atom. The predicted molar refractivity (Wildman–Crippen MR) is 73.4 cm³/mol. The summed E-state index contributed by atoms with van der Waals surface area (Å²) in [5.41, 5.74) is 1.99. The van der Waals surface area contributed by atoms with Gasteiger partial charge >= 0.3 is 5.69 Å². The molecule has 92 valence electrons. The maximum Gasteiger partial charge on any atom is 0.328 e. The van der Waals surface area contributed by atoms with Crippen molar-refractivity contribution < 1.29 is 0 Å². The zero-order chi connectivity index (χ0) is 12.6. The van der Waals surface area contributed by atoms with E-state index in [1.54, 1.807) is 4.57 Å². The summed E-state index contributed by atoms with van der Waals surface area (Å²) in [7, 11) is 5.82. The van der Waals surface area contributed by atoms with Gasteiger partial charge in [0.25, 0.3) is 0 Å². The first kappa shape index (κ1) is 12.4. The van der Waals surface area contributed by atoms with Crippen molar-refractivity contribution in [3.63, 3.8) is 0 Å². The average Bonchev–Trinajstić information content (AvgIpc) is 2.50. The van der Waals surface area contributed by atoms with Crippen molar-refractivity contribution in [2.45, 2.75) is 6.54 Å². The highest BCUT2D eigenvalue weighted by Gasteiger charge is 2.10. The van der Waals surface area contributed by atoms with Gasteiger partial charge in [-0.1, -0.05) is 15.9 Å². The fourth-order valence-corrected chi connectivity index (χ4v) is 2.25. The van der Waals surface area contributed by atoms with Gasteiger partial charge in [-0.2, -0.15) is 0 Å². The maximum atomic E-state index is 12.1. The summed E-state index contributed by atoms with van der Waals surface area (Å²) >= 11 is 3.43. The highest BCUT2D eigenvalue weighted by molar-refractivity contribution is 9.10. The van der Waals surface area contributed by atoms with E-state index < -0.39 is 0 Å². The Morgan fingerprint density at radius 1 is 1.29 bits per heavy atom. The molecule has 0 aliphatic heterocycles. The lowest BCUT2D eigenvalue weighted by Gasteiger charge is -2.09. The molecule has 1 heterocycles. The molecule has 0 N–H and O–H groups in total. The molecule has 0 saturated carbocycles. The normalized spacial score (nSPS) is 11.6. The van der Waals surface area contributed by atoms with Crippen molar-refractivity contribution in [1.29, 1.82) is 0 Å². The van der Waals surface area contributed by atoms with Crippen molar-refractivity contribution in [2.24, 2.45) is 7.05 Å². The molecule has 0 atom stereocenters. The van der Waals surface area contributed by atoms with Crippen LogP contribution in [0.2, 0.25) is 0 Å². The molecule has 2 aromatic rings. The quantitative estimate of drug-likeness (QED) is 0.863. The van der Waals surface area contributed by atoms with Crippen molar-refractivity contribution in [2.75, 3.05) is 20.6 Å². The average molecular weight is 298 g/mol. The van der Waals surface area contributed by atoms with Crippen LogP contribution in [0.15, 0.2) is 27.5 Å². The van der Waals surface area contributed by atoms with E-state index in [-0.39, 0.29) is 5.69 Å². The van der Waals surface area contributed by atoms with Crippen LogP contribution in [0.25, 0.3) is 11.0 Å². The molecule has 0 radical (unpaired) electrons. The second-order valence-corrected chi connectivity index (χ2v) is 5.35. The van der Waals surface area contributed by atoms with Gasteiger partial charge < -0.3 is 4.90 Å². The van der Waals surface area contributed by atoms with Crippen LogP contribution in [0.3, 0.4) is 0 Å². The van der Waals surface area contributed by atoms with Crippen LogP contribution in [0.4, 0.5) is 0 Å². The summed E-state index contributed by atoms with van der Waals surface area (Å²) in [6.07, 6.45) is 0. The van der Waals surface area contributed by atoms with Crippen LogP contribution < -0.4 is 5.69 Å². The minimum absolute atomic E-state index is 0.0416. The molecule has 1 aromatic heterocycles. The Bertz CT molecular complexity index is 598. The Hall–Kier alpha value is -1.07. The summed E-state index contributed by atoms with van der Waals surface area (Å²) in [4.78, 5) is 14.2. The summed E-state index contributed by atoms with van der Waals surface area (Å²) in [5, 5.41) is 0. The number of likely N-dealkylation sites (N-methyl/N-ethyl adjacent to an activating group) is 1. The summed E-state index contributed by atoms with van der Waals surface area (Å²) in [6.45, 7) is 1.57. The molecule has 0 fully saturated rings. The van der Waals surface area contributed by atoms with E-state index in [1.165, 1.54) is 0 Å². The van der Waals surface area contributed by atoms with E-state index in [1.807, 2.05) is 43.9 Å². The third-order valence-corrected chi connectivity index (χ3v) is 3.37. The van der Waals surface area contributed by atoms with E-state index in [2.05, 4.69) is 20.8 Å². The molecular formula is C12H16BrN3O. The van der Waals surface area contributed by atoms with E-state index in [0.717, 1.165) is 22.1 Å².